The van der Waals surface area contributed by atoms with Crippen molar-refractivity contribution in [3.63, 3.8) is 0 Å². The van der Waals surface area contributed by atoms with E-state index in [0.29, 0.717) is 11.7 Å². The van der Waals surface area contributed by atoms with Crippen molar-refractivity contribution < 1.29 is 13.6 Å². The van der Waals surface area contributed by atoms with E-state index in [9.17, 15) is 13.6 Å². The molecular formula is C13H10BrF2N3OS. The molecule has 1 aliphatic rings. The molecule has 110 valence electrons. The molecule has 0 fully saturated rings. The zero-order chi connectivity index (χ0) is 15.0. The van der Waals surface area contributed by atoms with Crippen molar-refractivity contribution in [1.82, 2.24) is 10.3 Å². The van der Waals surface area contributed by atoms with Gasteiger partial charge in [-0.1, -0.05) is 15.9 Å². The van der Waals surface area contributed by atoms with E-state index in [-0.39, 0.29) is 4.47 Å². The number of aromatic nitrogens is 1. The normalized spacial score (nSPS) is 13.9. The number of anilines is 1. The predicted molar refractivity (Wildman–Crippen MR) is 79.5 cm³/mol. The van der Waals surface area contributed by atoms with Crippen LogP contribution in [-0.4, -0.2) is 17.4 Å². The molecule has 1 amide bonds. The minimum atomic E-state index is -0.914. The fraction of sp³-hybridized carbons (Fsp3) is 0.231. The predicted octanol–water partition coefficient (Wildman–Crippen LogP) is 3.08. The number of fused-ring (bicyclic) bond motifs is 1. The largest absolute Gasteiger partial charge is 0.311 e. The summed E-state index contributed by atoms with van der Waals surface area (Å²) in [5.74, 6) is -2.67. The van der Waals surface area contributed by atoms with Gasteiger partial charge in [0.2, 0.25) is 0 Å². The summed E-state index contributed by atoms with van der Waals surface area (Å²) in [6, 6.07) is 2.10. The molecule has 1 aromatic carbocycles. The third kappa shape index (κ3) is 2.97. The monoisotopic (exact) mass is 373 g/mol. The first kappa shape index (κ1) is 14.6. The molecule has 4 nitrogen and oxygen atoms in total. The zero-order valence-electron chi connectivity index (χ0n) is 10.7. The first-order valence-corrected chi connectivity index (χ1v) is 7.80. The maximum atomic E-state index is 13.7. The van der Waals surface area contributed by atoms with Crippen LogP contribution in [0.4, 0.5) is 13.9 Å². The third-order valence-corrected chi connectivity index (χ3v) is 4.53. The molecule has 1 aliphatic heterocycles. The molecule has 1 aromatic heterocycles. The number of benzene rings is 1. The Balaban J connectivity index is 1.85. The van der Waals surface area contributed by atoms with Crippen LogP contribution in [0.25, 0.3) is 0 Å². The van der Waals surface area contributed by atoms with E-state index in [1.54, 1.807) is 0 Å². The summed E-state index contributed by atoms with van der Waals surface area (Å²) in [6.45, 7) is 1.53. The molecule has 0 saturated carbocycles. The number of nitrogens with one attached hydrogen (secondary N) is 2. The Kier molecular flexibility index (Phi) is 4.01. The van der Waals surface area contributed by atoms with Gasteiger partial charge in [-0.25, -0.2) is 13.8 Å². The minimum absolute atomic E-state index is 0.241. The van der Waals surface area contributed by atoms with Gasteiger partial charge >= 0.3 is 0 Å². The zero-order valence-corrected chi connectivity index (χ0v) is 13.1. The molecule has 0 unspecified atom stereocenters. The minimum Gasteiger partial charge on any atom is -0.311 e. The summed E-state index contributed by atoms with van der Waals surface area (Å²) in [6.07, 6.45) is 0.780. The van der Waals surface area contributed by atoms with Crippen LogP contribution in [-0.2, 0) is 13.0 Å². The Morgan fingerprint density at radius 2 is 2.10 bits per heavy atom. The number of carbonyl (C=O) groups excluding carboxylic acids is 1. The first-order chi connectivity index (χ1) is 10.0. The third-order valence-electron chi connectivity index (χ3n) is 3.06. The summed E-state index contributed by atoms with van der Waals surface area (Å²) in [7, 11) is 0. The Hall–Kier alpha value is -1.38. The van der Waals surface area contributed by atoms with Crippen LogP contribution in [0.1, 0.15) is 20.9 Å². The van der Waals surface area contributed by atoms with Crippen LogP contribution in [0.15, 0.2) is 16.6 Å². The number of nitrogens with zero attached hydrogens (tertiary/aromatic N) is 1. The van der Waals surface area contributed by atoms with Gasteiger partial charge in [-0.2, -0.15) is 0 Å². The highest BCUT2D eigenvalue weighted by Crippen LogP contribution is 2.26. The van der Waals surface area contributed by atoms with Crippen molar-refractivity contribution in [3.05, 3.63) is 44.4 Å². The quantitative estimate of drug-likeness (QED) is 0.850. The molecule has 0 radical (unpaired) electrons. The van der Waals surface area contributed by atoms with E-state index in [1.165, 1.54) is 11.3 Å². The summed E-state index contributed by atoms with van der Waals surface area (Å²) in [5, 5.41) is 6.02. The average Bonchev–Trinajstić information content (AvgIpc) is 2.79. The van der Waals surface area contributed by atoms with Crippen molar-refractivity contribution in [3.8, 4) is 0 Å². The number of carbonyl (C=O) groups is 1. The SMILES string of the molecule is O=C(Nc1nc2c(s1)CNCC2)c1c(F)cc(Br)cc1F. The fourth-order valence-corrected chi connectivity index (χ4v) is 3.47. The van der Waals surface area contributed by atoms with E-state index < -0.39 is 23.1 Å². The second-order valence-electron chi connectivity index (χ2n) is 4.51. The van der Waals surface area contributed by atoms with Gasteiger partial charge in [-0.15, -0.1) is 11.3 Å². The summed E-state index contributed by atoms with van der Waals surface area (Å²) in [4.78, 5) is 17.3. The van der Waals surface area contributed by atoms with E-state index in [2.05, 4.69) is 31.5 Å². The van der Waals surface area contributed by atoms with Crippen LogP contribution in [0.2, 0.25) is 0 Å². The molecule has 0 bridgehead atoms. The summed E-state index contributed by atoms with van der Waals surface area (Å²) in [5.41, 5.74) is 0.315. The average molecular weight is 374 g/mol. The molecule has 0 saturated heterocycles. The maximum Gasteiger partial charge on any atom is 0.263 e. The van der Waals surface area contributed by atoms with Crippen LogP contribution in [0.3, 0.4) is 0 Å². The Morgan fingerprint density at radius 1 is 1.38 bits per heavy atom. The van der Waals surface area contributed by atoms with Crippen LogP contribution >= 0.6 is 27.3 Å². The lowest BCUT2D eigenvalue weighted by atomic mass is 10.2. The number of hydrogen-bond acceptors (Lipinski definition) is 4. The number of halogens is 3. The number of hydrogen-bond donors (Lipinski definition) is 2. The Morgan fingerprint density at radius 3 is 2.76 bits per heavy atom. The van der Waals surface area contributed by atoms with E-state index in [4.69, 9.17) is 0 Å². The Bertz CT molecular complexity index is 673. The lowest BCUT2D eigenvalue weighted by molar-refractivity contribution is 0.101. The van der Waals surface area contributed by atoms with Crippen molar-refractivity contribution in [2.75, 3.05) is 11.9 Å². The molecular weight excluding hydrogens is 364 g/mol. The molecule has 8 heteroatoms. The molecule has 2 aromatic rings. The molecule has 21 heavy (non-hydrogen) atoms. The lowest BCUT2D eigenvalue weighted by Crippen LogP contribution is -2.22. The fourth-order valence-electron chi connectivity index (χ4n) is 2.10. The Labute approximate surface area is 131 Å². The number of rotatable bonds is 2. The van der Waals surface area contributed by atoms with Crippen LogP contribution in [0, 0.1) is 11.6 Å². The standard InChI is InChI=1S/C13H10BrF2N3OS/c14-6-3-7(15)11(8(16)4-6)12(20)19-13-18-9-1-2-17-5-10(9)21-13/h3-4,17H,1-2,5H2,(H,18,19,20). The number of thiazole rings is 1. The smallest absolute Gasteiger partial charge is 0.263 e. The topological polar surface area (TPSA) is 54.0 Å². The molecule has 2 heterocycles. The highest BCUT2D eigenvalue weighted by atomic mass is 79.9. The van der Waals surface area contributed by atoms with Gasteiger partial charge in [-0.3, -0.25) is 10.1 Å². The molecule has 2 N–H and O–H groups in total. The van der Waals surface area contributed by atoms with Gasteiger partial charge < -0.3 is 5.32 Å². The van der Waals surface area contributed by atoms with Gasteiger partial charge in [0.15, 0.2) is 5.13 Å². The summed E-state index contributed by atoms with van der Waals surface area (Å²) < 4.78 is 27.7. The second kappa shape index (κ2) is 5.78. The maximum absolute atomic E-state index is 13.7. The second-order valence-corrected chi connectivity index (χ2v) is 6.51. The van der Waals surface area contributed by atoms with Crippen LogP contribution < -0.4 is 10.6 Å². The number of amides is 1. The van der Waals surface area contributed by atoms with Gasteiger partial charge in [0.05, 0.1) is 5.69 Å². The van der Waals surface area contributed by atoms with Gasteiger partial charge in [0.25, 0.3) is 5.91 Å². The van der Waals surface area contributed by atoms with Gasteiger partial charge in [-0.05, 0) is 12.1 Å². The van der Waals surface area contributed by atoms with E-state index in [0.717, 1.165) is 35.7 Å². The van der Waals surface area contributed by atoms with Crippen molar-refractivity contribution in [2.24, 2.45) is 0 Å². The summed E-state index contributed by atoms with van der Waals surface area (Å²) >= 11 is 4.29. The van der Waals surface area contributed by atoms with Gasteiger partial charge in [0.1, 0.15) is 17.2 Å². The van der Waals surface area contributed by atoms with Crippen molar-refractivity contribution in [1.29, 1.82) is 0 Å². The van der Waals surface area contributed by atoms with Gasteiger partial charge in [0, 0.05) is 28.9 Å². The molecule has 0 aliphatic carbocycles. The molecule has 3 rings (SSSR count). The van der Waals surface area contributed by atoms with E-state index >= 15 is 0 Å². The molecule has 0 atom stereocenters. The first-order valence-electron chi connectivity index (χ1n) is 6.20. The van der Waals surface area contributed by atoms with E-state index in [1.807, 2.05) is 0 Å². The highest BCUT2D eigenvalue weighted by Gasteiger charge is 2.21. The highest BCUT2D eigenvalue weighted by molar-refractivity contribution is 9.10. The van der Waals surface area contributed by atoms with Crippen LogP contribution in [0.5, 0.6) is 0 Å². The molecule has 0 spiro atoms. The van der Waals surface area contributed by atoms with Crippen molar-refractivity contribution >= 4 is 38.3 Å². The van der Waals surface area contributed by atoms with Crippen molar-refractivity contribution in [2.45, 2.75) is 13.0 Å². The lowest BCUT2D eigenvalue weighted by Gasteiger charge is -2.09.